The van der Waals surface area contributed by atoms with Crippen LogP contribution in [0.15, 0.2) is 47.6 Å². The van der Waals surface area contributed by atoms with E-state index in [4.69, 9.17) is 20.6 Å². The van der Waals surface area contributed by atoms with Crippen LogP contribution in [0.5, 0.6) is 17.2 Å². The van der Waals surface area contributed by atoms with Gasteiger partial charge in [-0.3, -0.25) is 4.79 Å². The van der Waals surface area contributed by atoms with Gasteiger partial charge in [-0.25, -0.2) is 5.43 Å². The summed E-state index contributed by atoms with van der Waals surface area (Å²) in [6.45, 7) is 0.136. The Labute approximate surface area is 152 Å². The van der Waals surface area contributed by atoms with Crippen molar-refractivity contribution < 1.29 is 19.0 Å². The van der Waals surface area contributed by atoms with Gasteiger partial charge in [0.1, 0.15) is 23.9 Å². The number of amides is 1. The van der Waals surface area contributed by atoms with Crippen LogP contribution in [0.25, 0.3) is 0 Å². The molecule has 0 radical (unpaired) electrons. The fraction of sp³-hybridized carbons (Fsp3) is 0.200. The highest BCUT2D eigenvalue weighted by Crippen LogP contribution is 2.22. The third-order valence-corrected chi connectivity index (χ3v) is 3.44. The van der Waals surface area contributed by atoms with Gasteiger partial charge in [-0.2, -0.15) is 5.10 Å². The molecule has 2 aromatic rings. The number of methoxy groups -OCH3 is 2. The van der Waals surface area contributed by atoms with E-state index in [-0.39, 0.29) is 18.9 Å². The zero-order valence-corrected chi connectivity index (χ0v) is 14.7. The summed E-state index contributed by atoms with van der Waals surface area (Å²) >= 11 is 0. The summed E-state index contributed by atoms with van der Waals surface area (Å²) in [5, 5.41) is 3.98. The predicted molar refractivity (Wildman–Crippen MR) is 99.8 cm³/mol. The van der Waals surface area contributed by atoms with Gasteiger partial charge in [-0.05, 0) is 35.9 Å². The van der Waals surface area contributed by atoms with Crippen LogP contribution in [0.3, 0.4) is 0 Å². The normalized spacial score (nSPS) is 10.2. The molecule has 0 fully saturated rings. The Morgan fingerprint density at radius 2 is 1.85 bits per heavy atom. The Hall–Kier alpha value is -3.46. The molecule has 0 unspecified atom stereocenters. The smallest absolute Gasteiger partial charge is 0.244 e. The molecule has 0 aromatic heterocycles. The van der Waals surface area contributed by atoms with E-state index >= 15 is 0 Å². The van der Waals surface area contributed by atoms with Crippen LogP contribution < -0.4 is 19.6 Å². The minimum Gasteiger partial charge on any atom is -0.497 e. The van der Waals surface area contributed by atoms with Crippen LogP contribution in [0.1, 0.15) is 11.1 Å². The summed E-state index contributed by atoms with van der Waals surface area (Å²) in [7, 11) is 3.16. The van der Waals surface area contributed by atoms with Crippen molar-refractivity contribution in [2.45, 2.75) is 6.42 Å². The summed E-state index contributed by atoms with van der Waals surface area (Å²) in [4.78, 5) is 12.0. The van der Waals surface area contributed by atoms with Crippen LogP contribution in [0, 0.1) is 12.3 Å². The Morgan fingerprint density at radius 1 is 1.15 bits per heavy atom. The standard InChI is InChI=1S/C20H20N2O4/c1-4-11-26-19-10-9-18(25-3)13-16(19)14-21-22-20(23)12-15-5-7-17(24-2)8-6-15/h1,5-10,13-14H,11-12H2,2-3H3,(H,22,23)/b21-14-. The van der Waals surface area contributed by atoms with Gasteiger partial charge in [-0.1, -0.05) is 18.1 Å². The summed E-state index contributed by atoms with van der Waals surface area (Å²) in [6.07, 6.45) is 6.91. The lowest BCUT2D eigenvalue weighted by atomic mass is 10.1. The fourth-order valence-corrected chi connectivity index (χ4v) is 2.15. The molecule has 0 aliphatic heterocycles. The number of benzene rings is 2. The van der Waals surface area contributed by atoms with E-state index in [0.29, 0.717) is 17.1 Å². The first-order chi connectivity index (χ1) is 12.7. The highest BCUT2D eigenvalue weighted by atomic mass is 16.5. The number of carbonyl (C=O) groups is 1. The number of rotatable bonds is 8. The highest BCUT2D eigenvalue weighted by Gasteiger charge is 2.05. The second kappa shape index (κ2) is 9.74. The largest absolute Gasteiger partial charge is 0.497 e. The predicted octanol–water partition coefficient (Wildman–Crippen LogP) is 2.41. The topological polar surface area (TPSA) is 69.2 Å². The Balaban J connectivity index is 1.99. The van der Waals surface area contributed by atoms with E-state index in [1.54, 1.807) is 44.6 Å². The maximum atomic E-state index is 12.0. The molecule has 0 aliphatic carbocycles. The van der Waals surface area contributed by atoms with Gasteiger partial charge in [0.25, 0.3) is 0 Å². The molecule has 134 valence electrons. The number of ether oxygens (including phenoxy) is 3. The van der Waals surface area contributed by atoms with Crippen molar-refractivity contribution in [2.75, 3.05) is 20.8 Å². The molecule has 2 rings (SSSR count). The minimum atomic E-state index is -0.236. The van der Waals surface area contributed by atoms with Gasteiger partial charge < -0.3 is 14.2 Å². The molecular weight excluding hydrogens is 332 g/mol. The van der Waals surface area contributed by atoms with Crippen molar-refractivity contribution in [1.82, 2.24) is 5.43 Å². The summed E-state index contributed by atoms with van der Waals surface area (Å²) in [6, 6.07) is 12.5. The minimum absolute atomic E-state index is 0.136. The molecule has 0 saturated heterocycles. The van der Waals surface area contributed by atoms with Crippen LogP contribution in [-0.4, -0.2) is 32.9 Å². The lowest BCUT2D eigenvalue weighted by Crippen LogP contribution is -2.19. The molecule has 6 heteroatoms. The van der Waals surface area contributed by atoms with E-state index in [0.717, 1.165) is 11.3 Å². The van der Waals surface area contributed by atoms with Crippen molar-refractivity contribution in [2.24, 2.45) is 5.10 Å². The van der Waals surface area contributed by atoms with Crippen LogP contribution >= 0.6 is 0 Å². The molecule has 1 N–H and O–H groups in total. The summed E-state index contributed by atoms with van der Waals surface area (Å²) in [5.41, 5.74) is 3.99. The Bertz CT molecular complexity index is 808. The van der Waals surface area contributed by atoms with Gasteiger partial charge in [0, 0.05) is 5.56 Å². The quantitative estimate of drug-likeness (QED) is 0.450. The van der Waals surface area contributed by atoms with Gasteiger partial charge in [0.15, 0.2) is 0 Å². The summed E-state index contributed by atoms with van der Waals surface area (Å²) in [5.74, 6) is 4.11. The fourth-order valence-electron chi connectivity index (χ4n) is 2.15. The number of nitrogens with zero attached hydrogens (tertiary/aromatic N) is 1. The van der Waals surface area contributed by atoms with Gasteiger partial charge in [0.2, 0.25) is 5.91 Å². The average Bonchev–Trinajstić information content (AvgIpc) is 2.67. The SMILES string of the molecule is C#CCOc1ccc(OC)cc1/C=N\NC(=O)Cc1ccc(OC)cc1. The maximum Gasteiger partial charge on any atom is 0.244 e. The van der Waals surface area contributed by atoms with Crippen LogP contribution in [0.4, 0.5) is 0 Å². The first kappa shape index (κ1) is 18.9. The van der Waals surface area contributed by atoms with Gasteiger partial charge >= 0.3 is 0 Å². The monoisotopic (exact) mass is 352 g/mol. The molecule has 0 atom stereocenters. The zero-order valence-electron chi connectivity index (χ0n) is 14.7. The average molecular weight is 352 g/mol. The van der Waals surface area contributed by atoms with E-state index < -0.39 is 0 Å². The van der Waals surface area contributed by atoms with Crippen molar-refractivity contribution >= 4 is 12.1 Å². The van der Waals surface area contributed by atoms with Crippen LogP contribution in [0.2, 0.25) is 0 Å². The highest BCUT2D eigenvalue weighted by molar-refractivity contribution is 5.86. The molecule has 26 heavy (non-hydrogen) atoms. The number of hydrogen-bond acceptors (Lipinski definition) is 5. The molecule has 6 nitrogen and oxygen atoms in total. The number of hydrogen-bond donors (Lipinski definition) is 1. The molecule has 0 bridgehead atoms. The van der Waals surface area contributed by atoms with Crippen LogP contribution in [-0.2, 0) is 11.2 Å². The molecule has 1 amide bonds. The first-order valence-electron chi connectivity index (χ1n) is 7.85. The number of nitrogens with one attached hydrogen (secondary N) is 1. The van der Waals surface area contributed by atoms with E-state index in [9.17, 15) is 4.79 Å². The second-order valence-corrected chi connectivity index (χ2v) is 5.21. The number of terminal acetylenes is 1. The number of carbonyl (C=O) groups excluding carboxylic acids is 1. The molecular formula is C20H20N2O4. The molecule has 0 heterocycles. The van der Waals surface area contributed by atoms with Crippen molar-refractivity contribution in [3.8, 4) is 29.6 Å². The van der Waals surface area contributed by atoms with E-state index in [2.05, 4.69) is 16.4 Å². The Morgan fingerprint density at radius 3 is 2.50 bits per heavy atom. The zero-order chi connectivity index (χ0) is 18.8. The molecule has 0 spiro atoms. The third kappa shape index (κ3) is 5.56. The second-order valence-electron chi connectivity index (χ2n) is 5.21. The summed E-state index contributed by atoms with van der Waals surface area (Å²) < 4.78 is 15.7. The Kier molecular flexibility index (Phi) is 7.07. The van der Waals surface area contributed by atoms with Gasteiger partial charge in [-0.15, -0.1) is 6.42 Å². The van der Waals surface area contributed by atoms with Gasteiger partial charge in [0.05, 0.1) is 26.9 Å². The molecule has 0 aliphatic rings. The van der Waals surface area contributed by atoms with E-state index in [1.807, 2.05) is 12.1 Å². The maximum absolute atomic E-state index is 12.0. The molecule has 0 saturated carbocycles. The first-order valence-corrected chi connectivity index (χ1v) is 7.85. The number of hydrazone groups is 1. The molecule has 2 aromatic carbocycles. The lowest BCUT2D eigenvalue weighted by Gasteiger charge is -2.08. The van der Waals surface area contributed by atoms with Crippen molar-refractivity contribution in [1.29, 1.82) is 0 Å². The van der Waals surface area contributed by atoms with E-state index in [1.165, 1.54) is 6.21 Å². The van der Waals surface area contributed by atoms with Crippen molar-refractivity contribution in [3.05, 3.63) is 53.6 Å². The third-order valence-electron chi connectivity index (χ3n) is 3.44. The van der Waals surface area contributed by atoms with Crippen molar-refractivity contribution in [3.63, 3.8) is 0 Å². The lowest BCUT2D eigenvalue weighted by molar-refractivity contribution is -0.120.